The lowest BCUT2D eigenvalue weighted by atomic mass is 9.97. The van der Waals surface area contributed by atoms with E-state index in [4.69, 9.17) is 4.74 Å². The van der Waals surface area contributed by atoms with Gasteiger partial charge in [-0.3, -0.25) is 14.5 Å². The van der Waals surface area contributed by atoms with Crippen molar-refractivity contribution in [3.63, 3.8) is 0 Å². The Morgan fingerprint density at radius 3 is 2.21 bits per heavy atom. The third-order valence-corrected chi connectivity index (χ3v) is 6.36. The first kappa shape index (κ1) is 22.9. The van der Waals surface area contributed by atoms with Gasteiger partial charge in [0.1, 0.15) is 11.4 Å². The lowest BCUT2D eigenvalue weighted by molar-refractivity contribution is -0.138. The molecule has 174 valence electrons. The maximum absolute atomic E-state index is 13.5. The SMILES string of the molecule is COc1ccccc1N1CCN(C2=C(c3ccc(C)cc3C)C(=O)N(CC(C)C)C2=O)CC1. The Hall–Kier alpha value is -3.28. The van der Waals surface area contributed by atoms with E-state index in [0.29, 0.717) is 30.9 Å². The molecule has 0 aliphatic carbocycles. The van der Waals surface area contributed by atoms with Crippen LogP contribution in [0, 0.1) is 19.8 Å². The van der Waals surface area contributed by atoms with Gasteiger partial charge in [0.25, 0.3) is 11.8 Å². The summed E-state index contributed by atoms with van der Waals surface area (Å²) in [5.41, 5.74) is 5.16. The summed E-state index contributed by atoms with van der Waals surface area (Å²) in [5.74, 6) is 0.702. The lowest BCUT2D eigenvalue weighted by Crippen LogP contribution is -2.48. The van der Waals surface area contributed by atoms with Crippen LogP contribution in [0.25, 0.3) is 5.57 Å². The molecule has 2 heterocycles. The molecular formula is C27H33N3O3. The van der Waals surface area contributed by atoms with Crippen LogP contribution in [-0.2, 0) is 9.59 Å². The molecule has 1 fully saturated rings. The van der Waals surface area contributed by atoms with Crippen LogP contribution in [0.5, 0.6) is 5.75 Å². The molecule has 0 atom stereocenters. The highest BCUT2D eigenvalue weighted by atomic mass is 16.5. The van der Waals surface area contributed by atoms with Crippen LogP contribution in [0.1, 0.15) is 30.5 Å². The summed E-state index contributed by atoms with van der Waals surface area (Å²) >= 11 is 0. The number of imide groups is 1. The topological polar surface area (TPSA) is 53.1 Å². The number of aryl methyl sites for hydroxylation is 2. The summed E-state index contributed by atoms with van der Waals surface area (Å²) < 4.78 is 5.53. The molecule has 4 rings (SSSR count). The number of carbonyl (C=O) groups excluding carboxylic acids is 2. The highest BCUT2D eigenvalue weighted by molar-refractivity contribution is 6.35. The predicted molar refractivity (Wildman–Crippen MR) is 131 cm³/mol. The van der Waals surface area contributed by atoms with Crippen LogP contribution in [0.2, 0.25) is 0 Å². The second kappa shape index (κ2) is 9.30. The molecule has 6 nitrogen and oxygen atoms in total. The monoisotopic (exact) mass is 447 g/mol. The molecule has 1 saturated heterocycles. The first-order valence-corrected chi connectivity index (χ1v) is 11.6. The van der Waals surface area contributed by atoms with Gasteiger partial charge in [0.15, 0.2) is 0 Å². The van der Waals surface area contributed by atoms with Crippen LogP contribution >= 0.6 is 0 Å². The van der Waals surface area contributed by atoms with E-state index in [1.165, 1.54) is 4.90 Å². The molecule has 0 aromatic heterocycles. The fraction of sp³-hybridized carbons (Fsp3) is 0.407. The van der Waals surface area contributed by atoms with Crippen LogP contribution in [0.3, 0.4) is 0 Å². The smallest absolute Gasteiger partial charge is 0.277 e. The number of methoxy groups -OCH3 is 1. The maximum Gasteiger partial charge on any atom is 0.277 e. The van der Waals surface area contributed by atoms with Gasteiger partial charge in [0.05, 0.1) is 18.4 Å². The first-order chi connectivity index (χ1) is 15.8. The van der Waals surface area contributed by atoms with Gasteiger partial charge in [-0.25, -0.2) is 0 Å². The minimum absolute atomic E-state index is 0.172. The van der Waals surface area contributed by atoms with Crippen molar-refractivity contribution in [2.24, 2.45) is 5.92 Å². The summed E-state index contributed by atoms with van der Waals surface area (Å²) in [5, 5.41) is 0. The van der Waals surface area contributed by atoms with Gasteiger partial charge in [0, 0.05) is 32.7 Å². The molecule has 0 bridgehead atoms. The predicted octanol–water partition coefficient (Wildman–Crippen LogP) is 3.87. The average molecular weight is 448 g/mol. The Morgan fingerprint density at radius 2 is 1.58 bits per heavy atom. The Morgan fingerprint density at radius 1 is 0.909 bits per heavy atom. The number of para-hydroxylation sites is 2. The van der Waals surface area contributed by atoms with E-state index in [0.717, 1.165) is 41.2 Å². The van der Waals surface area contributed by atoms with E-state index in [2.05, 4.69) is 21.9 Å². The van der Waals surface area contributed by atoms with E-state index in [-0.39, 0.29) is 17.7 Å². The molecule has 0 saturated carbocycles. The van der Waals surface area contributed by atoms with Crippen LogP contribution in [0.15, 0.2) is 48.2 Å². The van der Waals surface area contributed by atoms with Gasteiger partial charge in [0.2, 0.25) is 0 Å². The second-order valence-electron chi connectivity index (χ2n) is 9.30. The number of hydrogen-bond donors (Lipinski definition) is 0. The van der Waals surface area contributed by atoms with Crippen molar-refractivity contribution in [2.75, 3.05) is 44.7 Å². The van der Waals surface area contributed by atoms with Crippen LogP contribution in [0.4, 0.5) is 5.69 Å². The largest absolute Gasteiger partial charge is 0.495 e. The number of nitrogens with zero attached hydrogens (tertiary/aromatic N) is 3. The highest BCUT2D eigenvalue weighted by Gasteiger charge is 2.42. The summed E-state index contributed by atoms with van der Waals surface area (Å²) in [6, 6.07) is 14.1. The van der Waals surface area contributed by atoms with E-state index >= 15 is 0 Å². The van der Waals surface area contributed by atoms with Gasteiger partial charge < -0.3 is 14.5 Å². The second-order valence-corrected chi connectivity index (χ2v) is 9.30. The summed E-state index contributed by atoms with van der Waals surface area (Å²) in [6.07, 6.45) is 0. The molecule has 0 radical (unpaired) electrons. The standard InChI is InChI=1S/C27H33N3O3/c1-18(2)17-30-26(31)24(21-11-10-19(3)16-20(21)4)25(27(30)32)29-14-12-28(13-15-29)22-8-6-7-9-23(22)33-5/h6-11,16,18H,12-15,17H2,1-5H3. The zero-order valence-electron chi connectivity index (χ0n) is 20.2. The molecule has 2 aromatic carbocycles. The minimum Gasteiger partial charge on any atom is -0.495 e. The quantitative estimate of drug-likeness (QED) is 0.630. The molecule has 2 amide bonds. The Balaban J connectivity index is 1.67. The van der Waals surface area contributed by atoms with Gasteiger partial charge >= 0.3 is 0 Å². The fourth-order valence-corrected chi connectivity index (χ4v) is 4.79. The zero-order chi connectivity index (χ0) is 23.7. The van der Waals surface area contributed by atoms with E-state index in [1.54, 1.807) is 7.11 Å². The number of amides is 2. The number of rotatable bonds is 6. The van der Waals surface area contributed by atoms with Crippen molar-refractivity contribution in [3.8, 4) is 5.75 Å². The number of benzene rings is 2. The molecule has 0 spiro atoms. The Labute approximate surface area is 196 Å². The summed E-state index contributed by atoms with van der Waals surface area (Å²) in [4.78, 5) is 32.8. The van der Waals surface area contributed by atoms with Crippen molar-refractivity contribution in [1.29, 1.82) is 0 Å². The summed E-state index contributed by atoms with van der Waals surface area (Å²) in [7, 11) is 1.68. The fourth-order valence-electron chi connectivity index (χ4n) is 4.79. The highest BCUT2D eigenvalue weighted by Crippen LogP contribution is 2.35. The third-order valence-electron chi connectivity index (χ3n) is 6.36. The van der Waals surface area contributed by atoms with Crippen molar-refractivity contribution in [3.05, 3.63) is 64.9 Å². The number of anilines is 1. The minimum atomic E-state index is -0.178. The number of ether oxygens (including phenoxy) is 1. The molecule has 33 heavy (non-hydrogen) atoms. The van der Waals surface area contributed by atoms with Crippen molar-refractivity contribution in [2.45, 2.75) is 27.7 Å². The van der Waals surface area contributed by atoms with Crippen molar-refractivity contribution in [1.82, 2.24) is 9.80 Å². The van der Waals surface area contributed by atoms with Crippen molar-refractivity contribution < 1.29 is 14.3 Å². The third kappa shape index (κ3) is 4.34. The molecule has 2 aromatic rings. The lowest BCUT2D eigenvalue weighted by Gasteiger charge is -2.38. The van der Waals surface area contributed by atoms with Gasteiger partial charge in [-0.05, 0) is 43.0 Å². The van der Waals surface area contributed by atoms with Crippen molar-refractivity contribution >= 4 is 23.1 Å². The number of hydrogen-bond acceptors (Lipinski definition) is 5. The Bertz CT molecular complexity index is 1100. The van der Waals surface area contributed by atoms with E-state index in [1.807, 2.05) is 58.0 Å². The molecule has 2 aliphatic rings. The normalized spacial score (nSPS) is 17.0. The van der Waals surface area contributed by atoms with Crippen LogP contribution < -0.4 is 9.64 Å². The Kier molecular flexibility index (Phi) is 6.45. The molecule has 0 N–H and O–H groups in total. The molecular weight excluding hydrogens is 414 g/mol. The number of piperazine rings is 1. The first-order valence-electron chi connectivity index (χ1n) is 11.6. The molecule has 2 aliphatic heterocycles. The number of carbonyl (C=O) groups is 2. The van der Waals surface area contributed by atoms with E-state index in [9.17, 15) is 9.59 Å². The van der Waals surface area contributed by atoms with Crippen LogP contribution in [-0.4, -0.2) is 61.4 Å². The van der Waals surface area contributed by atoms with E-state index < -0.39 is 0 Å². The maximum atomic E-state index is 13.5. The zero-order valence-corrected chi connectivity index (χ0v) is 20.2. The van der Waals surface area contributed by atoms with Gasteiger partial charge in [-0.15, -0.1) is 0 Å². The van der Waals surface area contributed by atoms with Gasteiger partial charge in [-0.1, -0.05) is 49.7 Å². The molecule has 0 unspecified atom stereocenters. The summed E-state index contributed by atoms with van der Waals surface area (Å²) in [6.45, 7) is 11.3. The average Bonchev–Trinajstić information content (AvgIpc) is 3.03. The molecule has 6 heteroatoms. The van der Waals surface area contributed by atoms with Gasteiger partial charge in [-0.2, -0.15) is 0 Å².